The molecular formula is C17H15BrN4O4. The minimum atomic E-state index is -0.536. The summed E-state index contributed by atoms with van der Waals surface area (Å²) in [5.41, 5.74) is 3.07. The number of anilines is 1. The topological polar surface area (TPSA) is 98.9 Å². The fourth-order valence-corrected chi connectivity index (χ4v) is 2.37. The summed E-state index contributed by atoms with van der Waals surface area (Å²) in [6, 6.07) is 6.25. The van der Waals surface area contributed by atoms with E-state index in [0.29, 0.717) is 28.1 Å². The van der Waals surface area contributed by atoms with Crippen LogP contribution < -0.4 is 14.9 Å². The summed E-state index contributed by atoms with van der Waals surface area (Å²) in [7, 11) is 0. The lowest BCUT2D eigenvalue weighted by atomic mass is 10.2. The van der Waals surface area contributed by atoms with E-state index in [4.69, 9.17) is 15.9 Å². The maximum Gasteiger partial charge on any atom is 0.313 e. The Labute approximate surface area is 158 Å². The number of terminal acetylenes is 1. The molecule has 1 N–H and O–H groups in total. The Morgan fingerprint density at radius 3 is 2.92 bits per heavy atom. The molecule has 1 heterocycles. The highest BCUT2D eigenvalue weighted by atomic mass is 79.9. The molecule has 0 radical (unpaired) electrons. The monoisotopic (exact) mass is 418 g/mol. The molecule has 26 heavy (non-hydrogen) atoms. The van der Waals surface area contributed by atoms with Crippen molar-refractivity contribution in [1.29, 1.82) is 0 Å². The van der Waals surface area contributed by atoms with E-state index in [1.807, 2.05) is 6.92 Å². The first-order chi connectivity index (χ1) is 12.6. The number of benzene rings is 1. The number of ether oxygens (including phenoxy) is 2. The number of rotatable bonds is 8. The van der Waals surface area contributed by atoms with Crippen LogP contribution in [0.2, 0.25) is 0 Å². The Balaban J connectivity index is 2.23. The molecule has 9 heteroatoms. The van der Waals surface area contributed by atoms with Crippen LogP contribution in [0.15, 0.2) is 40.0 Å². The van der Waals surface area contributed by atoms with E-state index >= 15 is 0 Å². The summed E-state index contributed by atoms with van der Waals surface area (Å²) in [5.74, 6) is 3.45. The van der Waals surface area contributed by atoms with E-state index in [-0.39, 0.29) is 18.1 Å². The minimum Gasteiger partial charge on any atom is -0.490 e. The fourth-order valence-electron chi connectivity index (χ4n) is 1.94. The molecule has 0 aliphatic rings. The van der Waals surface area contributed by atoms with Gasteiger partial charge in [0.15, 0.2) is 11.5 Å². The number of nitro groups is 1. The van der Waals surface area contributed by atoms with Crippen molar-refractivity contribution in [3.63, 3.8) is 0 Å². The number of halogens is 1. The van der Waals surface area contributed by atoms with Gasteiger partial charge in [0, 0.05) is 22.3 Å². The maximum atomic E-state index is 11.0. The van der Waals surface area contributed by atoms with Gasteiger partial charge in [0.2, 0.25) is 5.82 Å². The standard InChI is InChI=1S/C17H15BrN4O4/c1-3-8-26-16-10-13(18)12(9-15(16)25-4-2)11-20-21-17-14(22(23)24)6-5-7-19-17/h1,5-7,9-11H,4,8H2,2H3,(H,19,21)/b20-11-. The molecule has 0 atom stereocenters. The fraction of sp³-hybridized carbons (Fsp3) is 0.176. The summed E-state index contributed by atoms with van der Waals surface area (Å²) in [6.07, 6.45) is 8.13. The van der Waals surface area contributed by atoms with Gasteiger partial charge in [-0.2, -0.15) is 5.10 Å². The zero-order chi connectivity index (χ0) is 18.9. The van der Waals surface area contributed by atoms with E-state index in [9.17, 15) is 10.1 Å². The van der Waals surface area contributed by atoms with Crippen molar-refractivity contribution in [2.45, 2.75) is 6.92 Å². The maximum absolute atomic E-state index is 11.0. The highest BCUT2D eigenvalue weighted by Crippen LogP contribution is 2.33. The van der Waals surface area contributed by atoms with Crippen molar-refractivity contribution in [3.05, 3.63) is 50.6 Å². The average molecular weight is 419 g/mol. The van der Waals surface area contributed by atoms with Crippen LogP contribution in [0.3, 0.4) is 0 Å². The van der Waals surface area contributed by atoms with Crippen molar-refractivity contribution in [2.75, 3.05) is 18.6 Å². The molecule has 8 nitrogen and oxygen atoms in total. The lowest BCUT2D eigenvalue weighted by molar-refractivity contribution is -0.384. The number of hydrazone groups is 1. The zero-order valence-electron chi connectivity index (χ0n) is 13.8. The van der Waals surface area contributed by atoms with Gasteiger partial charge in [0.1, 0.15) is 6.61 Å². The van der Waals surface area contributed by atoms with Gasteiger partial charge < -0.3 is 9.47 Å². The van der Waals surface area contributed by atoms with Crippen molar-refractivity contribution in [2.24, 2.45) is 5.10 Å². The number of hydrogen-bond acceptors (Lipinski definition) is 7. The normalized spacial score (nSPS) is 10.3. The first-order valence-corrected chi connectivity index (χ1v) is 8.27. The molecule has 0 aliphatic heterocycles. The van der Waals surface area contributed by atoms with Crippen molar-refractivity contribution < 1.29 is 14.4 Å². The van der Waals surface area contributed by atoms with Crippen LogP contribution in [0.25, 0.3) is 0 Å². The number of nitrogens with one attached hydrogen (secondary N) is 1. The van der Waals surface area contributed by atoms with E-state index in [1.165, 1.54) is 24.5 Å². The van der Waals surface area contributed by atoms with E-state index in [0.717, 1.165) is 0 Å². The van der Waals surface area contributed by atoms with E-state index in [1.54, 1.807) is 12.1 Å². The predicted molar refractivity (Wildman–Crippen MR) is 102 cm³/mol. The van der Waals surface area contributed by atoms with Crippen LogP contribution in [-0.4, -0.2) is 29.3 Å². The lowest BCUT2D eigenvalue weighted by Crippen LogP contribution is -2.02. The van der Waals surface area contributed by atoms with Gasteiger partial charge in [-0.15, -0.1) is 6.42 Å². The van der Waals surface area contributed by atoms with Crippen LogP contribution >= 0.6 is 15.9 Å². The molecule has 0 aliphatic carbocycles. The summed E-state index contributed by atoms with van der Waals surface area (Å²) < 4.78 is 11.7. The number of aromatic nitrogens is 1. The smallest absolute Gasteiger partial charge is 0.313 e. The number of hydrogen-bond donors (Lipinski definition) is 1. The molecule has 0 unspecified atom stereocenters. The van der Waals surface area contributed by atoms with E-state index < -0.39 is 4.92 Å². The van der Waals surface area contributed by atoms with Crippen LogP contribution in [0, 0.1) is 22.5 Å². The molecule has 1 aromatic heterocycles. The first kappa shape index (κ1) is 19.2. The van der Waals surface area contributed by atoms with Gasteiger partial charge in [-0.05, 0) is 41.1 Å². The highest BCUT2D eigenvalue weighted by molar-refractivity contribution is 9.10. The Morgan fingerprint density at radius 2 is 2.23 bits per heavy atom. The summed E-state index contributed by atoms with van der Waals surface area (Å²) in [5, 5.41) is 15.0. The van der Waals surface area contributed by atoms with Gasteiger partial charge in [-0.25, -0.2) is 4.98 Å². The van der Waals surface area contributed by atoms with Gasteiger partial charge >= 0.3 is 5.69 Å². The molecule has 134 valence electrons. The van der Waals surface area contributed by atoms with Gasteiger partial charge in [-0.1, -0.05) is 5.92 Å². The van der Waals surface area contributed by atoms with Crippen LogP contribution in [0.5, 0.6) is 11.5 Å². The van der Waals surface area contributed by atoms with Gasteiger partial charge in [0.25, 0.3) is 0 Å². The lowest BCUT2D eigenvalue weighted by Gasteiger charge is -2.12. The highest BCUT2D eigenvalue weighted by Gasteiger charge is 2.13. The number of nitrogens with zero attached hydrogens (tertiary/aromatic N) is 3. The summed E-state index contributed by atoms with van der Waals surface area (Å²) in [6.45, 7) is 2.41. The second-order valence-corrected chi connectivity index (χ2v) is 5.60. The molecule has 2 rings (SSSR count). The summed E-state index contributed by atoms with van der Waals surface area (Å²) in [4.78, 5) is 14.3. The Kier molecular flexibility index (Phi) is 6.93. The Morgan fingerprint density at radius 1 is 1.46 bits per heavy atom. The summed E-state index contributed by atoms with van der Waals surface area (Å²) >= 11 is 3.42. The van der Waals surface area contributed by atoms with Crippen molar-refractivity contribution in [3.8, 4) is 23.8 Å². The van der Waals surface area contributed by atoms with Crippen LogP contribution in [0.4, 0.5) is 11.5 Å². The molecule has 0 saturated carbocycles. The van der Waals surface area contributed by atoms with Crippen molar-refractivity contribution in [1.82, 2.24) is 4.98 Å². The molecular weight excluding hydrogens is 404 g/mol. The van der Waals surface area contributed by atoms with Crippen LogP contribution in [0.1, 0.15) is 12.5 Å². The quantitative estimate of drug-likeness (QED) is 0.304. The third-order valence-corrected chi connectivity index (χ3v) is 3.72. The molecule has 1 aromatic carbocycles. The number of pyridine rings is 1. The molecule has 0 fully saturated rings. The molecule has 0 spiro atoms. The van der Waals surface area contributed by atoms with Gasteiger partial charge in [0.05, 0.1) is 17.7 Å². The largest absolute Gasteiger partial charge is 0.490 e. The SMILES string of the molecule is C#CCOc1cc(Br)c(/C=N\Nc2ncccc2[N+](=O)[O-])cc1OCC. The Hall–Kier alpha value is -3.12. The van der Waals surface area contributed by atoms with Crippen LogP contribution in [-0.2, 0) is 0 Å². The van der Waals surface area contributed by atoms with E-state index in [2.05, 4.69) is 37.4 Å². The van der Waals surface area contributed by atoms with Crippen molar-refractivity contribution >= 4 is 33.6 Å². The third-order valence-electron chi connectivity index (χ3n) is 3.03. The molecule has 0 saturated heterocycles. The zero-order valence-corrected chi connectivity index (χ0v) is 15.4. The molecule has 0 bridgehead atoms. The second-order valence-electron chi connectivity index (χ2n) is 4.74. The molecule has 0 amide bonds. The third kappa shape index (κ3) is 4.94. The first-order valence-electron chi connectivity index (χ1n) is 7.48. The second kappa shape index (κ2) is 9.39. The predicted octanol–water partition coefficient (Wildman–Crippen LogP) is 3.61. The average Bonchev–Trinajstić information content (AvgIpc) is 2.63. The molecule has 2 aromatic rings. The minimum absolute atomic E-state index is 0.0453. The van der Waals surface area contributed by atoms with Gasteiger partial charge in [-0.3, -0.25) is 15.5 Å². The Bertz CT molecular complexity index is 864.